The van der Waals surface area contributed by atoms with Crippen LogP contribution in [0, 0.1) is 5.92 Å². The molecular weight excluding hydrogens is 559 g/mol. The first kappa shape index (κ1) is 29.4. The van der Waals surface area contributed by atoms with Gasteiger partial charge in [-0.15, -0.1) is 0 Å². The molecule has 0 saturated carbocycles. The van der Waals surface area contributed by atoms with E-state index < -0.39 is 23.8 Å². The van der Waals surface area contributed by atoms with Crippen LogP contribution < -0.4 is 32.9 Å². The van der Waals surface area contributed by atoms with Gasteiger partial charge in [-0.1, -0.05) is 35.3 Å². The Bertz CT molecular complexity index is 1540. The second kappa shape index (κ2) is 13.2. The lowest BCUT2D eigenvalue weighted by atomic mass is 10.0. The summed E-state index contributed by atoms with van der Waals surface area (Å²) in [5.74, 6) is 6.46. The number of hydrogen-bond acceptors (Lipinski definition) is 7. The van der Waals surface area contributed by atoms with E-state index in [1.165, 1.54) is 4.57 Å². The number of ether oxygens (including phenoxy) is 2. The first-order valence-electron chi connectivity index (χ1n) is 12.9. The van der Waals surface area contributed by atoms with Crippen LogP contribution in [0.1, 0.15) is 32.3 Å². The zero-order valence-corrected chi connectivity index (χ0v) is 23.8. The van der Waals surface area contributed by atoms with Crippen molar-refractivity contribution in [3.63, 3.8) is 0 Å². The van der Waals surface area contributed by atoms with E-state index >= 15 is 0 Å². The molecule has 0 unspecified atom stereocenters. The fraction of sp³-hybridized carbons (Fsp3) is 0.407. The summed E-state index contributed by atoms with van der Waals surface area (Å²) in [6.45, 7) is 5.00. The van der Waals surface area contributed by atoms with Gasteiger partial charge in [-0.3, -0.25) is 9.36 Å². The maximum Gasteiger partial charge on any atom is 0.354 e. The quantitative estimate of drug-likeness (QED) is 0.367. The Kier molecular flexibility index (Phi) is 9.72. The number of nitrogens with two attached hydrogens (primary N) is 1. The average molecular weight is 591 g/mol. The Morgan fingerprint density at radius 1 is 1.10 bits per heavy atom. The molecule has 3 N–H and O–H groups in total. The van der Waals surface area contributed by atoms with Crippen LogP contribution in [0.2, 0.25) is 10.0 Å². The molecule has 13 heteroatoms. The number of halogens is 2. The number of hydrogen-bond donors (Lipinski definition) is 2. The summed E-state index contributed by atoms with van der Waals surface area (Å²) in [5, 5.41) is 3.64. The van der Waals surface area contributed by atoms with Crippen LogP contribution in [0.4, 0.5) is 5.69 Å². The molecule has 0 radical (unpaired) electrons. The van der Waals surface area contributed by atoms with E-state index in [0.29, 0.717) is 46.8 Å². The highest BCUT2D eigenvalue weighted by Gasteiger charge is 2.19. The van der Waals surface area contributed by atoms with E-state index in [-0.39, 0.29) is 24.2 Å². The van der Waals surface area contributed by atoms with E-state index in [4.69, 9.17) is 38.5 Å². The van der Waals surface area contributed by atoms with Crippen LogP contribution in [-0.4, -0.2) is 45.6 Å². The molecule has 1 amide bonds. The molecule has 4 rings (SSSR count). The van der Waals surface area contributed by atoms with E-state index in [9.17, 15) is 14.4 Å². The van der Waals surface area contributed by atoms with Gasteiger partial charge >= 0.3 is 11.4 Å². The van der Waals surface area contributed by atoms with Crippen LogP contribution in [0.3, 0.4) is 0 Å². The summed E-state index contributed by atoms with van der Waals surface area (Å²) in [6, 6.07) is 11.7. The molecule has 40 heavy (non-hydrogen) atoms. The fourth-order valence-corrected chi connectivity index (χ4v) is 4.60. The maximum absolute atomic E-state index is 13.6. The smallest absolute Gasteiger partial charge is 0.354 e. The molecule has 0 bridgehead atoms. The molecule has 0 spiro atoms. The van der Waals surface area contributed by atoms with Gasteiger partial charge in [0.05, 0.1) is 23.4 Å². The maximum atomic E-state index is 13.6. The first-order chi connectivity index (χ1) is 19.1. The number of aromatic nitrogens is 3. The Morgan fingerprint density at radius 2 is 1.80 bits per heavy atom. The number of nitrogens with one attached hydrogen (secondary N) is 1. The number of carbonyl (C=O) groups excluding carboxylic acids is 1. The SMILES string of the molecule is CC(C)Oc1ccc(N=c2n(N)c(=O)n(CC(=O)NCC3CCOCC3)c(=O)n2Cc2ccc(Cl)cc2)cc1Cl. The van der Waals surface area contributed by atoms with Crippen molar-refractivity contribution >= 4 is 34.8 Å². The van der Waals surface area contributed by atoms with Crippen LogP contribution in [0.15, 0.2) is 57.0 Å². The van der Waals surface area contributed by atoms with Crippen molar-refractivity contribution in [1.29, 1.82) is 0 Å². The molecule has 1 aromatic heterocycles. The fourth-order valence-electron chi connectivity index (χ4n) is 4.25. The first-order valence-corrected chi connectivity index (χ1v) is 13.7. The minimum Gasteiger partial charge on any atom is -0.489 e. The summed E-state index contributed by atoms with van der Waals surface area (Å²) in [7, 11) is 0. The lowest BCUT2D eigenvalue weighted by Gasteiger charge is -2.22. The summed E-state index contributed by atoms with van der Waals surface area (Å²) in [5.41, 5.74) is -0.709. The molecule has 2 heterocycles. The summed E-state index contributed by atoms with van der Waals surface area (Å²) >= 11 is 12.4. The van der Waals surface area contributed by atoms with E-state index in [0.717, 1.165) is 22.1 Å². The summed E-state index contributed by atoms with van der Waals surface area (Å²) < 4.78 is 13.8. The standard InChI is InChI=1S/C27H32Cl2N6O5/c1-17(2)40-23-8-7-21(13-22(23)29)32-25-33(15-19-3-5-20(28)6-4-19)26(37)34(27(38)35(25)30)16-24(36)31-14-18-9-11-39-12-10-18/h3-8,13,17-18H,9-12,14-16,30H2,1-2H3,(H,31,36). The van der Waals surface area contributed by atoms with Crippen molar-refractivity contribution in [3.8, 4) is 5.75 Å². The van der Waals surface area contributed by atoms with E-state index in [1.807, 2.05) is 13.8 Å². The van der Waals surface area contributed by atoms with Gasteiger partial charge in [-0.25, -0.2) is 19.1 Å². The van der Waals surface area contributed by atoms with Gasteiger partial charge in [0.25, 0.3) is 0 Å². The van der Waals surface area contributed by atoms with Crippen molar-refractivity contribution in [2.24, 2.45) is 10.9 Å². The highest BCUT2D eigenvalue weighted by atomic mass is 35.5. The molecule has 0 atom stereocenters. The van der Waals surface area contributed by atoms with Crippen molar-refractivity contribution in [2.45, 2.75) is 45.9 Å². The molecule has 3 aromatic rings. The van der Waals surface area contributed by atoms with Crippen LogP contribution in [0.25, 0.3) is 0 Å². The number of nitrogens with zero attached hydrogens (tertiary/aromatic N) is 4. The zero-order valence-electron chi connectivity index (χ0n) is 22.3. The van der Waals surface area contributed by atoms with Gasteiger partial charge in [-0.2, -0.15) is 4.68 Å². The van der Waals surface area contributed by atoms with Crippen molar-refractivity contribution < 1.29 is 14.3 Å². The second-order valence-electron chi connectivity index (χ2n) is 9.79. The number of nitrogen functional groups attached to an aromatic ring is 1. The number of amides is 1. The number of benzene rings is 2. The molecule has 1 saturated heterocycles. The Hall–Kier alpha value is -3.54. The predicted molar refractivity (Wildman–Crippen MR) is 153 cm³/mol. The molecule has 1 aliphatic heterocycles. The minimum absolute atomic E-state index is 0.0122. The van der Waals surface area contributed by atoms with E-state index in [2.05, 4.69) is 10.3 Å². The molecule has 2 aromatic carbocycles. The van der Waals surface area contributed by atoms with Gasteiger partial charge in [0, 0.05) is 24.8 Å². The van der Waals surface area contributed by atoms with Crippen LogP contribution >= 0.6 is 23.2 Å². The molecule has 1 fully saturated rings. The molecule has 1 aliphatic rings. The Balaban J connectivity index is 1.73. The number of rotatable bonds is 9. The molecule has 214 valence electrons. The zero-order chi connectivity index (χ0) is 28.8. The topological polar surface area (TPSA) is 135 Å². The lowest BCUT2D eigenvalue weighted by Crippen LogP contribution is -2.58. The number of carbonyl (C=O) groups is 1. The van der Waals surface area contributed by atoms with Gasteiger partial charge in [0.1, 0.15) is 12.3 Å². The normalized spacial score (nSPS) is 14.5. The Labute approximate surface area is 240 Å². The van der Waals surface area contributed by atoms with Crippen LogP contribution in [0.5, 0.6) is 5.75 Å². The third-order valence-electron chi connectivity index (χ3n) is 6.35. The van der Waals surface area contributed by atoms with Crippen molar-refractivity contribution in [2.75, 3.05) is 25.6 Å². The minimum atomic E-state index is -0.886. The van der Waals surface area contributed by atoms with Gasteiger partial charge in [0.2, 0.25) is 11.5 Å². The van der Waals surface area contributed by atoms with Crippen molar-refractivity contribution in [1.82, 2.24) is 19.1 Å². The van der Waals surface area contributed by atoms with Gasteiger partial charge < -0.3 is 20.6 Å². The molecular formula is C27H32Cl2N6O5. The largest absolute Gasteiger partial charge is 0.489 e. The highest BCUT2D eigenvalue weighted by Crippen LogP contribution is 2.29. The highest BCUT2D eigenvalue weighted by molar-refractivity contribution is 6.32. The monoisotopic (exact) mass is 590 g/mol. The van der Waals surface area contributed by atoms with Gasteiger partial charge in [-0.05, 0) is 68.5 Å². The van der Waals surface area contributed by atoms with Gasteiger partial charge in [0.15, 0.2) is 0 Å². The third kappa shape index (κ3) is 7.35. The third-order valence-corrected chi connectivity index (χ3v) is 6.89. The predicted octanol–water partition coefficient (Wildman–Crippen LogP) is 2.44. The summed E-state index contributed by atoms with van der Waals surface area (Å²) in [6.07, 6.45) is 1.58. The second-order valence-corrected chi connectivity index (χ2v) is 10.6. The summed E-state index contributed by atoms with van der Waals surface area (Å²) in [4.78, 5) is 44.1. The lowest BCUT2D eigenvalue weighted by molar-refractivity contribution is -0.122. The van der Waals surface area contributed by atoms with E-state index in [1.54, 1.807) is 42.5 Å². The average Bonchev–Trinajstić information content (AvgIpc) is 2.93. The Morgan fingerprint density at radius 3 is 2.45 bits per heavy atom. The van der Waals surface area contributed by atoms with Crippen LogP contribution in [-0.2, 0) is 22.6 Å². The van der Waals surface area contributed by atoms with Crippen molar-refractivity contribution in [3.05, 3.63) is 84.7 Å². The molecule has 0 aliphatic carbocycles. The molecule has 11 nitrogen and oxygen atoms in total.